The summed E-state index contributed by atoms with van der Waals surface area (Å²) in [5.41, 5.74) is 1.38. The maximum Gasteiger partial charge on any atom is 0.573 e. The van der Waals surface area contributed by atoms with Crippen molar-refractivity contribution in [2.45, 2.75) is 12.9 Å². The first-order valence-electron chi connectivity index (χ1n) is 7.12. The van der Waals surface area contributed by atoms with E-state index in [1.54, 1.807) is 12.1 Å². The van der Waals surface area contributed by atoms with Gasteiger partial charge in [-0.2, -0.15) is 0 Å². The van der Waals surface area contributed by atoms with Crippen molar-refractivity contribution in [1.82, 2.24) is 10.3 Å². The molecule has 7 heteroatoms. The Morgan fingerprint density at radius 2 is 1.79 bits per heavy atom. The van der Waals surface area contributed by atoms with Gasteiger partial charge in [0.2, 0.25) is 0 Å². The van der Waals surface area contributed by atoms with E-state index in [2.05, 4.69) is 15.0 Å². The molecule has 0 atom stereocenters. The number of benzene rings is 2. The van der Waals surface area contributed by atoms with Gasteiger partial charge in [0.05, 0.1) is 0 Å². The third kappa shape index (κ3) is 3.68. The number of halogens is 3. The number of amides is 1. The van der Waals surface area contributed by atoms with Crippen molar-refractivity contribution in [3.63, 3.8) is 0 Å². The van der Waals surface area contributed by atoms with Crippen LogP contribution in [0.3, 0.4) is 0 Å². The number of H-pyrrole nitrogens is 1. The van der Waals surface area contributed by atoms with Crippen LogP contribution in [0.25, 0.3) is 10.9 Å². The van der Waals surface area contributed by atoms with Gasteiger partial charge in [-0.1, -0.05) is 36.4 Å². The Morgan fingerprint density at radius 1 is 1.08 bits per heavy atom. The number of nitrogens with one attached hydrogen (secondary N) is 2. The highest BCUT2D eigenvalue weighted by Gasteiger charge is 2.32. The molecule has 0 unspecified atom stereocenters. The molecular weight excluding hydrogens is 321 g/mol. The Balaban J connectivity index is 1.72. The molecule has 1 heterocycles. The molecular formula is C17H13F3N2O2. The molecule has 1 aromatic heterocycles. The zero-order valence-corrected chi connectivity index (χ0v) is 12.4. The van der Waals surface area contributed by atoms with Gasteiger partial charge in [-0.3, -0.25) is 4.79 Å². The fraction of sp³-hybridized carbons (Fsp3) is 0.118. The van der Waals surface area contributed by atoms with Gasteiger partial charge >= 0.3 is 6.36 Å². The van der Waals surface area contributed by atoms with Gasteiger partial charge < -0.3 is 15.0 Å². The van der Waals surface area contributed by atoms with Gasteiger partial charge in [0.1, 0.15) is 11.4 Å². The van der Waals surface area contributed by atoms with Crippen LogP contribution in [0, 0.1) is 0 Å². The lowest BCUT2D eigenvalue weighted by molar-refractivity contribution is -0.274. The highest BCUT2D eigenvalue weighted by atomic mass is 19.4. The summed E-state index contributed by atoms with van der Waals surface area (Å²) >= 11 is 0. The number of fused-ring (bicyclic) bond motifs is 1. The largest absolute Gasteiger partial charge is 0.573 e. The van der Waals surface area contributed by atoms with Crippen molar-refractivity contribution >= 4 is 16.8 Å². The number of ether oxygens (including phenoxy) is 1. The van der Waals surface area contributed by atoms with E-state index >= 15 is 0 Å². The molecule has 0 saturated carbocycles. The highest BCUT2D eigenvalue weighted by molar-refractivity contribution is 5.97. The summed E-state index contributed by atoms with van der Waals surface area (Å²) in [5, 5.41) is 3.46. The number of hydrogen-bond donors (Lipinski definition) is 2. The first-order valence-corrected chi connectivity index (χ1v) is 7.12. The lowest BCUT2D eigenvalue weighted by Gasteiger charge is -2.13. The Kier molecular flexibility index (Phi) is 4.16. The third-order valence-electron chi connectivity index (χ3n) is 3.41. The van der Waals surface area contributed by atoms with E-state index in [9.17, 15) is 18.0 Å². The van der Waals surface area contributed by atoms with E-state index in [1.807, 2.05) is 24.3 Å². The summed E-state index contributed by atoms with van der Waals surface area (Å²) in [6.07, 6.45) is -4.78. The number of alkyl halides is 3. The molecule has 2 N–H and O–H groups in total. The summed E-state index contributed by atoms with van der Waals surface area (Å²) in [7, 11) is 0. The molecule has 3 aromatic rings. The van der Waals surface area contributed by atoms with Crippen molar-refractivity contribution in [2.24, 2.45) is 0 Å². The average Bonchev–Trinajstić information content (AvgIpc) is 2.96. The average molecular weight is 334 g/mol. The molecule has 0 aliphatic carbocycles. The molecule has 2 aromatic carbocycles. The molecule has 1 amide bonds. The SMILES string of the molecule is O=C(NCc1ccccc1OC(F)(F)F)c1cc2ccccc2[nH]1. The zero-order chi connectivity index (χ0) is 17.2. The van der Waals surface area contributed by atoms with Crippen molar-refractivity contribution < 1.29 is 22.7 Å². The lowest BCUT2D eigenvalue weighted by atomic mass is 10.2. The van der Waals surface area contributed by atoms with Gasteiger partial charge in [0.15, 0.2) is 0 Å². The van der Waals surface area contributed by atoms with E-state index in [0.29, 0.717) is 5.69 Å². The third-order valence-corrected chi connectivity index (χ3v) is 3.41. The summed E-state index contributed by atoms with van der Waals surface area (Å²) in [5.74, 6) is -0.741. The molecule has 24 heavy (non-hydrogen) atoms. The minimum atomic E-state index is -4.78. The van der Waals surface area contributed by atoms with E-state index < -0.39 is 12.3 Å². The van der Waals surface area contributed by atoms with Crippen LogP contribution < -0.4 is 10.1 Å². The van der Waals surface area contributed by atoms with Gasteiger partial charge in [0, 0.05) is 23.0 Å². The second-order valence-corrected chi connectivity index (χ2v) is 5.11. The zero-order valence-electron chi connectivity index (χ0n) is 12.4. The second-order valence-electron chi connectivity index (χ2n) is 5.11. The van der Waals surface area contributed by atoms with Crippen molar-refractivity contribution in [3.05, 3.63) is 65.9 Å². The second kappa shape index (κ2) is 6.27. The Labute approximate surface area is 135 Å². The molecule has 124 valence electrons. The van der Waals surface area contributed by atoms with Crippen LogP contribution in [0.1, 0.15) is 16.1 Å². The number of carbonyl (C=O) groups is 1. The van der Waals surface area contributed by atoms with Gasteiger partial charge in [-0.15, -0.1) is 13.2 Å². The lowest BCUT2D eigenvalue weighted by Crippen LogP contribution is -2.24. The van der Waals surface area contributed by atoms with Gasteiger partial charge in [-0.05, 0) is 18.2 Å². The molecule has 3 rings (SSSR count). The van der Waals surface area contributed by atoms with Crippen molar-refractivity contribution in [2.75, 3.05) is 0 Å². The Hall–Kier alpha value is -2.96. The molecule has 0 bridgehead atoms. The number of rotatable bonds is 4. The van der Waals surface area contributed by atoms with Crippen LogP contribution in [-0.4, -0.2) is 17.3 Å². The smallest absolute Gasteiger partial charge is 0.405 e. The Bertz CT molecular complexity index is 838. The van der Waals surface area contributed by atoms with Crippen LogP contribution >= 0.6 is 0 Å². The fourth-order valence-corrected chi connectivity index (χ4v) is 2.34. The molecule has 0 fully saturated rings. The van der Waals surface area contributed by atoms with Crippen molar-refractivity contribution in [3.8, 4) is 5.75 Å². The minimum absolute atomic E-state index is 0.0829. The van der Waals surface area contributed by atoms with Crippen LogP contribution in [0.15, 0.2) is 54.6 Å². The normalized spacial score (nSPS) is 11.5. The summed E-state index contributed by atoms with van der Waals surface area (Å²) in [6.45, 7) is -0.0829. The summed E-state index contributed by atoms with van der Waals surface area (Å²) in [4.78, 5) is 15.1. The van der Waals surface area contributed by atoms with Crippen LogP contribution in [0.5, 0.6) is 5.75 Å². The number of aromatic amines is 1. The summed E-state index contributed by atoms with van der Waals surface area (Å²) < 4.78 is 41.1. The molecule has 0 aliphatic heterocycles. The van der Waals surface area contributed by atoms with Crippen LogP contribution in [0.4, 0.5) is 13.2 Å². The fourth-order valence-electron chi connectivity index (χ4n) is 2.34. The van der Waals surface area contributed by atoms with Gasteiger partial charge in [-0.25, -0.2) is 0 Å². The van der Waals surface area contributed by atoms with E-state index in [-0.39, 0.29) is 17.9 Å². The predicted octanol–water partition coefficient (Wildman–Crippen LogP) is 4.00. The summed E-state index contributed by atoms with van der Waals surface area (Å²) in [6, 6.07) is 14.7. The molecule has 0 saturated heterocycles. The Morgan fingerprint density at radius 3 is 2.54 bits per heavy atom. The maximum absolute atomic E-state index is 12.4. The predicted molar refractivity (Wildman–Crippen MR) is 82.6 cm³/mol. The molecule has 4 nitrogen and oxygen atoms in total. The van der Waals surface area contributed by atoms with Crippen molar-refractivity contribution in [1.29, 1.82) is 0 Å². The van der Waals surface area contributed by atoms with Crippen LogP contribution in [-0.2, 0) is 6.54 Å². The molecule has 0 spiro atoms. The van der Waals surface area contributed by atoms with Crippen LogP contribution in [0.2, 0.25) is 0 Å². The van der Waals surface area contributed by atoms with E-state index in [4.69, 9.17) is 0 Å². The number of para-hydroxylation sites is 2. The minimum Gasteiger partial charge on any atom is -0.405 e. The number of carbonyl (C=O) groups excluding carboxylic acids is 1. The molecule has 0 radical (unpaired) electrons. The highest BCUT2D eigenvalue weighted by Crippen LogP contribution is 2.26. The quantitative estimate of drug-likeness (QED) is 0.758. The monoisotopic (exact) mass is 334 g/mol. The number of hydrogen-bond acceptors (Lipinski definition) is 2. The molecule has 0 aliphatic rings. The van der Waals surface area contributed by atoms with E-state index in [1.165, 1.54) is 18.2 Å². The number of aromatic nitrogens is 1. The van der Waals surface area contributed by atoms with Gasteiger partial charge in [0.25, 0.3) is 5.91 Å². The first-order chi connectivity index (χ1) is 11.4. The standard InChI is InChI=1S/C17H13F3N2O2/c18-17(19,20)24-15-8-4-2-6-12(15)10-21-16(23)14-9-11-5-1-3-7-13(11)22-14/h1-9,22H,10H2,(H,21,23). The first kappa shape index (κ1) is 15.9. The topological polar surface area (TPSA) is 54.1 Å². The van der Waals surface area contributed by atoms with E-state index in [0.717, 1.165) is 10.9 Å². The maximum atomic E-state index is 12.4.